The monoisotopic (exact) mass is 415 g/mol. The molecule has 0 aromatic heterocycles. The number of rotatable bonds is 7. The van der Waals surface area contributed by atoms with Crippen molar-refractivity contribution in [1.29, 1.82) is 0 Å². The Labute approximate surface area is 178 Å². The van der Waals surface area contributed by atoms with Gasteiger partial charge in [0, 0.05) is 12.2 Å². The average molecular weight is 416 g/mol. The molecule has 0 aliphatic carbocycles. The largest absolute Gasteiger partial charge is 0.491 e. The smallest absolute Gasteiger partial charge is 0.338 e. The normalized spacial score (nSPS) is 20.4. The molecule has 1 aromatic carbocycles. The van der Waals surface area contributed by atoms with Crippen LogP contribution in [0.25, 0.3) is 0 Å². The quantitative estimate of drug-likeness (QED) is 0.666. The van der Waals surface area contributed by atoms with Crippen molar-refractivity contribution in [3.63, 3.8) is 0 Å². The second kappa shape index (κ2) is 10.5. The van der Waals surface area contributed by atoms with Gasteiger partial charge in [0.15, 0.2) is 0 Å². The molecule has 2 amide bonds. The van der Waals surface area contributed by atoms with E-state index in [9.17, 15) is 9.59 Å². The van der Waals surface area contributed by atoms with Crippen LogP contribution in [0.2, 0.25) is 0 Å². The predicted octanol–water partition coefficient (Wildman–Crippen LogP) is 3.52. The van der Waals surface area contributed by atoms with Gasteiger partial charge < -0.3 is 20.1 Å². The molecule has 2 heterocycles. The van der Waals surface area contributed by atoms with Gasteiger partial charge >= 0.3 is 12.0 Å². The molecule has 1 saturated heterocycles. The highest BCUT2D eigenvalue weighted by atomic mass is 16.5. The molecule has 0 saturated carbocycles. The van der Waals surface area contributed by atoms with Gasteiger partial charge in [-0.1, -0.05) is 25.0 Å². The lowest BCUT2D eigenvalue weighted by Gasteiger charge is -2.32. The third kappa shape index (κ3) is 5.75. The van der Waals surface area contributed by atoms with Crippen LogP contribution >= 0.6 is 0 Å². The number of ether oxygens (including phenoxy) is 2. The number of carbonyl (C=O) groups is 2. The third-order valence-corrected chi connectivity index (χ3v) is 5.31. The van der Waals surface area contributed by atoms with Crippen molar-refractivity contribution in [1.82, 2.24) is 15.5 Å². The number of nitrogens with one attached hydrogen (secondary N) is 2. The molecule has 2 aliphatic rings. The number of amides is 2. The van der Waals surface area contributed by atoms with E-state index in [1.54, 1.807) is 6.92 Å². The van der Waals surface area contributed by atoms with Gasteiger partial charge in [-0.2, -0.15) is 0 Å². The Morgan fingerprint density at radius 1 is 1.13 bits per heavy atom. The first-order chi connectivity index (χ1) is 14.5. The summed E-state index contributed by atoms with van der Waals surface area (Å²) in [6.45, 7) is 8.47. The van der Waals surface area contributed by atoms with Gasteiger partial charge in [0.25, 0.3) is 0 Å². The van der Waals surface area contributed by atoms with Crippen LogP contribution < -0.4 is 15.4 Å². The number of nitrogens with zero attached hydrogens (tertiary/aromatic N) is 1. The fourth-order valence-electron chi connectivity index (χ4n) is 3.97. The van der Waals surface area contributed by atoms with Crippen molar-refractivity contribution in [2.75, 3.05) is 26.2 Å². The highest BCUT2D eigenvalue weighted by Gasteiger charge is 2.34. The minimum atomic E-state index is -0.562. The lowest BCUT2D eigenvalue weighted by Crippen LogP contribution is -2.48. The fourth-order valence-corrected chi connectivity index (χ4v) is 3.97. The van der Waals surface area contributed by atoms with Crippen molar-refractivity contribution in [2.45, 2.75) is 58.6 Å². The number of esters is 1. The number of urea groups is 1. The van der Waals surface area contributed by atoms with Crippen LogP contribution in [0.3, 0.4) is 0 Å². The van der Waals surface area contributed by atoms with Gasteiger partial charge in [0.1, 0.15) is 5.75 Å². The number of benzene rings is 1. The van der Waals surface area contributed by atoms with E-state index in [1.165, 1.54) is 12.8 Å². The molecule has 164 valence electrons. The van der Waals surface area contributed by atoms with E-state index in [0.29, 0.717) is 17.8 Å². The van der Waals surface area contributed by atoms with Crippen molar-refractivity contribution < 1.29 is 19.1 Å². The van der Waals surface area contributed by atoms with Gasteiger partial charge in [-0.25, -0.2) is 9.59 Å². The summed E-state index contributed by atoms with van der Waals surface area (Å²) in [5, 5.41) is 5.77. The van der Waals surface area contributed by atoms with Crippen LogP contribution in [0.1, 0.15) is 58.1 Å². The molecular formula is C23H33N3O4. The topological polar surface area (TPSA) is 79.9 Å². The number of carbonyl (C=O) groups excluding carboxylic acids is 2. The van der Waals surface area contributed by atoms with E-state index in [2.05, 4.69) is 15.5 Å². The maximum absolute atomic E-state index is 12.9. The first kappa shape index (κ1) is 22.2. The van der Waals surface area contributed by atoms with E-state index < -0.39 is 12.0 Å². The molecule has 1 fully saturated rings. The van der Waals surface area contributed by atoms with Gasteiger partial charge in [-0.05, 0) is 64.4 Å². The summed E-state index contributed by atoms with van der Waals surface area (Å²) < 4.78 is 11.1. The minimum Gasteiger partial charge on any atom is -0.491 e. The first-order valence-corrected chi connectivity index (χ1v) is 10.9. The molecule has 2 aliphatic heterocycles. The Balaban J connectivity index is 1.92. The second-order valence-electron chi connectivity index (χ2n) is 8.07. The summed E-state index contributed by atoms with van der Waals surface area (Å²) in [5.74, 6) is 0.350. The van der Waals surface area contributed by atoms with Crippen LogP contribution in [0.15, 0.2) is 35.5 Å². The third-order valence-electron chi connectivity index (χ3n) is 5.31. The minimum absolute atomic E-state index is 0.0737. The molecule has 0 radical (unpaired) electrons. The highest BCUT2D eigenvalue weighted by molar-refractivity contribution is 5.95. The Hall–Kier alpha value is -2.54. The molecule has 1 unspecified atom stereocenters. The standard InChI is InChI=1S/C23H33N3O4/c1-4-29-22(27)20-19(15-26-13-7-5-6-8-14-26)24-23(28)25-21(20)17-9-11-18(12-10-17)30-16(2)3/h9-12,16,21H,4-8,13-15H2,1-3H3,(H2,24,25,28). The second-order valence-corrected chi connectivity index (χ2v) is 8.07. The lowest BCUT2D eigenvalue weighted by molar-refractivity contribution is -0.139. The molecule has 30 heavy (non-hydrogen) atoms. The Morgan fingerprint density at radius 3 is 2.40 bits per heavy atom. The average Bonchev–Trinajstić information content (AvgIpc) is 2.96. The van der Waals surface area contributed by atoms with E-state index in [-0.39, 0.29) is 18.7 Å². The van der Waals surface area contributed by atoms with Gasteiger partial charge in [-0.3, -0.25) is 4.90 Å². The summed E-state index contributed by atoms with van der Waals surface area (Å²) in [5.41, 5.74) is 1.92. The summed E-state index contributed by atoms with van der Waals surface area (Å²) in [6.07, 6.45) is 4.79. The molecule has 7 heteroatoms. The van der Waals surface area contributed by atoms with Crippen LogP contribution in [-0.4, -0.2) is 49.2 Å². The number of hydrogen-bond acceptors (Lipinski definition) is 5. The van der Waals surface area contributed by atoms with Crippen LogP contribution in [0.4, 0.5) is 4.79 Å². The SMILES string of the molecule is CCOC(=O)C1=C(CN2CCCCCC2)NC(=O)NC1c1ccc(OC(C)C)cc1. The summed E-state index contributed by atoms with van der Waals surface area (Å²) in [6, 6.07) is 6.63. The molecule has 7 nitrogen and oxygen atoms in total. The molecular weight excluding hydrogens is 382 g/mol. The summed E-state index contributed by atoms with van der Waals surface area (Å²) in [4.78, 5) is 27.7. The maximum atomic E-state index is 12.9. The molecule has 0 bridgehead atoms. The molecule has 1 atom stereocenters. The molecule has 1 aromatic rings. The Bertz CT molecular complexity index is 765. The van der Waals surface area contributed by atoms with Crippen molar-refractivity contribution in [2.24, 2.45) is 0 Å². The van der Waals surface area contributed by atoms with Crippen LogP contribution in [0, 0.1) is 0 Å². The molecule has 0 spiro atoms. The van der Waals surface area contributed by atoms with Gasteiger partial charge in [0.05, 0.1) is 24.3 Å². The molecule has 2 N–H and O–H groups in total. The van der Waals surface area contributed by atoms with Gasteiger partial charge in [0.2, 0.25) is 0 Å². The maximum Gasteiger partial charge on any atom is 0.338 e. The van der Waals surface area contributed by atoms with Gasteiger partial charge in [-0.15, -0.1) is 0 Å². The predicted molar refractivity (Wildman–Crippen MR) is 115 cm³/mol. The zero-order valence-electron chi connectivity index (χ0n) is 18.2. The number of likely N-dealkylation sites (tertiary alicyclic amines) is 1. The Morgan fingerprint density at radius 2 is 1.80 bits per heavy atom. The van der Waals surface area contributed by atoms with Crippen LogP contribution in [-0.2, 0) is 9.53 Å². The van der Waals surface area contributed by atoms with E-state index >= 15 is 0 Å². The van der Waals surface area contributed by atoms with E-state index in [4.69, 9.17) is 9.47 Å². The first-order valence-electron chi connectivity index (χ1n) is 10.9. The zero-order valence-corrected chi connectivity index (χ0v) is 18.2. The van der Waals surface area contributed by atoms with Crippen molar-refractivity contribution >= 4 is 12.0 Å². The molecule has 3 rings (SSSR count). The van der Waals surface area contributed by atoms with E-state index in [1.807, 2.05) is 38.1 Å². The van der Waals surface area contributed by atoms with Crippen LogP contribution in [0.5, 0.6) is 5.75 Å². The fraction of sp³-hybridized carbons (Fsp3) is 0.565. The Kier molecular flexibility index (Phi) is 7.74. The summed E-state index contributed by atoms with van der Waals surface area (Å²) >= 11 is 0. The van der Waals surface area contributed by atoms with Crippen molar-refractivity contribution in [3.8, 4) is 5.75 Å². The summed E-state index contributed by atoms with van der Waals surface area (Å²) in [7, 11) is 0. The zero-order chi connectivity index (χ0) is 21.5. The number of hydrogen-bond donors (Lipinski definition) is 2. The highest BCUT2D eigenvalue weighted by Crippen LogP contribution is 2.30. The lowest BCUT2D eigenvalue weighted by atomic mass is 9.95. The van der Waals surface area contributed by atoms with E-state index in [0.717, 1.165) is 37.2 Å². The van der Waals surface area contributed by atoms with Crippen molar-refractivity contribution in [3.05, 3.63) is 41.1 Å².